The monoisotopic (exact) mass is 268 g/mol. The molecule has 0 aliphatic heterocycles. The van der Waals surface area contributed by atoms with Gasteiger partial charge in [-0.2, -0.15) is 0 Å². The molecule has 1 unspecified atom stereocenters. The van der Waals surface area contributed by atoms with Crippen molar-refractivity contribution >= 4 is 5.91 Å². The number of amides is 1. The van der Waals surface area contributed by atoms with Crippen LogP contribution in [-0.2, 0) is 4.79 Å². The number of benzene rings is 1. The first-order valence-corrected chi connectivity index (χ1v) is 6.31. The van der Waals surface area contributed by atoms with Crippen LogP contribution in [0.15, 0.2) is 18.2 Å². The molecule has 0 saturated carbocycles. The number of hydrogen-bond acceptors (Lipinski definition) is 3. The molecule has 0 fully saturated rings. The highest BCUT2D eigenvalue weighted by molar-refractivity contribution is 5.77. The second-order valence-electron chi connectivity index (χ2n) is 4.37. The molecule has 0 aromatic heterocycles. The molecule has 106 valence electrons. The van der Waals surface area contributed by atoms with Gasteiger partial charge in [-0.15, -0.1) is 0 Å². The number of rotatable bonds is 6. The first-order valence-electron chi connectivity index (χ1n) is 6.31. The summed E-state index contributed by atoms with van der Waals surface area (Å²) in [5.74, 6) is 0.122. The quantitative estimate of drug-likeness (QED) is 0.857. The Morgan fingerprint density at radius 1 is 1.53 bits per heavy atom. The second-order valence-corrected chi connectivity index (χ2v) is 4.37. The van der Waals surface area contributed by atoms with E-state index in [1.165, 1.54) is 13.2 Å². The lowest BCUT2D eigenvalue weighted by Crippen LogP contribution is -2.36. The number of carbonyl (C=O) groups is 1. The van der Waals surface area contributed by atoms with Gasteiger partial charge in [-0.3, -0.25) is 4.79 Å². The highest BCUT2D eigenvalue weighted by atomic mass is 19.1. The third-order valence-electron chi connectivity index (χ3n) is 3.13. The first kappa shape index (κ1) is 15.4. The van der Waals surface area contributed by atoms with Gasteiger partial charge in [-0.05, 0) is 26.0 Å². The fourth-order valence-electron chi connectivity index (χ4n) is 1.77. The summed E-state index contributed by atoms with van der Waals surface area (Å²) in [5, 5.41) is 3.02. The lowest BCUT2D eigenvalue weighted by atomic mass is 10.1. The van der Waals surface area contributed by atoms with Crippen molar-refractivity contribution in [1.29, 1.82) is 0 Å². The highest BCUT2D eigenvalue weighted by Crippen LogP contribution is 2.27. The molecule has 1 N–H and O–H groups in total. The van der Waals surface area contributed by atoms with Crippen molar-refractivity contribution in [2.75, 3.05) is 27.2 Å². The second kappa shape index (κ2) is 7.09. The van der Waals surface area contributed by atoms with Crippen LogP contribution in [-0.4, -0.2) is 38.1 Å². The van der Waals surface area contributed by atoms with Crippen LogP contribution in [0.2, 0.25) is 0 Å². The minimum atomic E-state index is -0.337. The Bertz CT molecular complexity index is 437. The summed E-state index contributed by atoms with van der Waals surface area (Å²) in [6.07, 6.45) is 0. The zero-order valence-corrected chi connectivity index (χ0v) is 11.9. The molecule has 0 aliphatic carbocycles. The maximum atomic E-state index is 13.8. The van der Waals surface area contributed by atoms with E-state index in [4.69, 9.17) is 4.74 Å². The van der Waals surface area contributed by atoms with Crippen molar-refractivity contribution in [3.8, 4) is 5.75 Å². The Balaban J connectivity index is 2.73. The summed E-state index contributed by atoms with van der Waals surface area (Å²) in [6, 6.07) is 4.39. The summed E-state index contributed by atoms with van der Waals surface area (Å²) in [4.78, 5) is 13.3. The highest BCUT2D eigenvalue weighted by Gasteiger charge is 2.17. The van der Waals surface area contributed by atoms with Crippen molar-refractivity contribution < 1.29 is 13.9 Å². The Morgan fingerprint density at radius 3 is 2.79 bits per heavy atom. The average Bonchev–Trinajstić information content (AvgIpc) is 2.42. The maximum absolute atomic E-state index is 13.8. The minimum absolute atomic E-state index is 0.0235. The molecule has 0 bridgehead atoms. The van der Waals surface area contributed by atoms with Gasteiger partial charge in [0, 0.05) is 25.2 Å². The van der Waals surface area contributed by atoms with E-state index in [-0.39, 0.29) is 24.3 Å². The van der Waals surface area contributed by atoms with E-state index in [9.17, 15) is 9.18 Å². The fourth-order valence-corrected chi connectivity index (χ4v) is 1.77. The van der Waals surface area contributed by atoms with Gasteiger partial charge in [0.05, 0.1) is 13.7 Å². The predicted molar refractivity (Wildman–Crippen MR) is 72.7 cm³/mol. The normalized spacial score (nSPS) is 12.1. The SMILES string of the molecule is CCN(C)C(=O)CNC(C)c1c(F)cccc1OC. The maximum Gasteiger partial charge on any atom is 0.236 e. The fraction of sp³-hybridized carbons (Fsp3) is 0.500. The molecule has 1 rings (SSSR count). The van der Waals surface area contributed by atoms with E-state index in [0.717, 1.165) is 0 Å². The summed E-state index contributed by atoms with van der Waals surface area (Å²) < 4.78 is 19.0. The van der Waals surface area contributed by atoms with E-state index in [0.29, 0.717) is 17.9 Å². The average molecular weight is 268 g/mol. The van der Waals surface area contributed by atoms with Gasteiger partial charge in [0.1, 0.15) is 11.6 Å². The predicted octanol–water partition coefficient (Wildman–Crippen LogP) is 1.96. The third-order valence-corrected chi connectivity index (χ3v) is 3.13. The summed E-state index contributed by atoms with van der Waals surface area (Å²) in [5.41, 5.74) is 0.442. The topological polar surface area (TPSA) is 41.6 Å². The zero-order valence-electron chi connectivity index (χ0n) is 11.9. The van der Waals surface area contributed by atoms with E-state index in [1.807, 2.05) is 6.92 Å². The van der Waals surface area contributed by atoms with Gasteiger partial charge in [-0.1, -0.05) is 6.07 Å². The molecule has 1 aromatic carbocycles. The lowest BCUT2D eigenvalue weighted by molar-refractivity contribution is -0.128. The number of halogens is 1. The molecule has 0 aliphatic rings. The number of ether oxygens (including phenoxy) is 1. The smallest absolute Gasteiger partial charge is 0.236 e. The van der Waals surface area contributed by atoms with E-state index in [1.54, 1.807) is 31.0 Å². The Hall–Kier alpha value is -1.62. The zero-order chi connectivity index (χ0) is 14.4. The molecule has 0 spiro atoms. The van der Waals surface area contributed by atoms with Gasteiger partial charge in [0.15, 0.2) is 0 Å². The number of nitrogens with one attached hydrogen (secondary N) is 1. The van der Waals surface area contributed by atoms with Gasteiger partial charge < -0.3 is 15.0 Å². The van der Waals surface area contributed by atoms with Crippen LogP contribution in [0.4, 0.5) is 4.39 Å². The van der Waals surface area contributed by atoms with Gasteiger partial charge >= 0.3 is 0 Å². The van der Waals surface area contributed by atoms with Gasteiger partial charge in [0.2, 0.25) is 5.91 Å². The minimum Gasteiger partial charge on any atom is -0.496 e. The lowest BCUT2D eigenvalue weighted by Gasteiger charge is -2.20. The van der Waals surface area contributed by atoms with Crippen LogP contribution in [0.3, 0.4) is 0 Å². The van der Waals surface area contributed by atoms with Crippen LogP contribution in [0.25, 0.3) is 0 Å². The van der Waals surface area contributed by atoms with E-state index < -0.39 is 0 Å². The molecule has 0 radical (unpaired) electrons. The van der Waals surface area contributed by atoms with Crippen molar-refractivity contribution in [3.63, 3.8) is 0 Å². The Morgan fingerprint density at radius 2 is 2.21 bits per heavy atom. The van der Waals surface area contributed by atoms with Crippen LogP contribution < -0.4 is 10.1 Å². The molecular weight excluding hydrogens is 247 g/mol. The Kier molecular flexibility index (Phi) is 5.76. The molecule has 4 nitrogen and oxygen atoms in total. The molecule has 5 heteroatoms. The summed E-state index contributed by atoms with van der Waals surface area (Å²) in [7, 11) is 3.24. The molecule has 0 saturated heterocycles. The van der Waals surface area contributed by atoms with Crippen LogP contribution in [0, 0.1) is 5.82 Å². The van der Waals surface area contributed by atoms with Crippen molar-refractivity contribution in [1.82, 2.24) is 10.2 Å². The number of carbonyl (C=O) groups excluding carboxylic acids is 1. The first-order chi connectivity index (χ1) is 9.01. The number of methoxy groups -OCH3 is 1. The summed E-state index contributed by atoms with van der Waals surface area (Å²) in [6.45, 7) is 4.53. The molecule has 1 atom stereocenters. The van der Waals surface area contributed by atoms with E-state index in [2.05, 4.69) is 5.32 Å². The molecule has 19 heavy (non-hydrogen) atoms. The Labute approximate surface area is 113 Å². The largest absolute Gasteiger partial charge is 0.496 e. The number of nitrogens with zero attached hydrogens (tertiary/aromatic N) is 1. The van der Waals surface area contributed by atoms with Crippen molar-refractivity contribution in [3.05, 3.63) is 29.6 Å². The number of hydrogen-bond donors (Lipinski definition) is 1. The van der Waals surface area contributed by atoms with Crippen LogP contribution in [0.5, 0.6) is 5.75 Å². The van der Waals surface area contributed by atoms with Crippen molar-refractivity contribution in [2.45, 2.75) is 19.9 Å². The molecular formula is C14H21FN2O2. The molecule has 1 aromatic rings. The van der Waals surface area contributed by atoms with E-state index >= 15 is 0 Å². The number of likely N-dealkylation sites (N-methyl/N-ethyl adjacent to an activating group) is 1. The summed E-state index contributed by atoms with van der Waals surface area (Å²) >= 11 is 0. The third kappa shape index (κ3) is 3.92. The standard InChI is InChI=1S/C14H21FN2O2/c1-5-17(3)13(18)9-16-10(2)14-11(15)7-6-8-12(14)19-4/h6-8,10,16H,5,9H2,1-4H3. The van der Waals surface area contributed by atoms with Crippen molar-refractivity contribution in [2.24, 2.45) is 0 Å². The molecule has 0 heterocycles. The van der Waals surface area contributed by atoms with Crippen LogP contribution >= 0.6 is 0 Å². The molecule has 1 amide bonds. The van der Waals surface area contributed by atoms with Crippen LogP contribution in [0.1, 0.15) is 25.5 Å². The van der Waals surface area contributed by atoms with Gasteiger partial charge in [0.25, 0.3) is 0 Å². The van der Waals surface area contributed by atoms with Gasteiger partial charge in [-0.25, -0.2) is 4.39 Å².